The van der Waals surface area contributed by atoms with Crippen LogP contribution >= 0.6 is 22.9 Å². The van der Waals surface area contributed by atoms with E-state index < -0.39 is 0 Å². The first kappa shape index (κ1) is 13.6. The monoisotopic (exact) mass is 309 g/mol. The maximum atomic E-state index is 12.5. The Morgan fingerprint density at radius 2 is 2.15 bits per heavy atom. The fraction of sp³-hybridized carbons (Fsp3) is 0.583. The molecule has 0 aliphatic carbocycles. The van der Waals surface area contributed by atoms with Crippen LogP contribution in [0.3, 0.4) is 0 Å². The van der Waals surface area contributed by atoms with E-state index >= 15 is 0 Å². The normalized spacial score (nSPS) is 19.3. The van der Waals surface area contributed by atoms with Crippen molar-refractivity contribution in [2.75, 3.05) is 13.1 Å². The highest BCUT2D eigenvalue weighted by Gasteiger charge is 2.29. The van der Waals surface area contributed by atoms with E-state index in [1.54, 1.807) is 11.3 Å². The van der Waals surface area contributed by atoms with Gasteiger partial charge in [0.05, 0.1) is 5.69 Å². The number of hydrogen-bond donors (Lipinski definition) is 0. The number of nitrogens with zero attached hydrogens (tertiary/aromatic N) is 5. The molecule has 1 amide bonds. The Morgan fingerprint density at radius 1 is 1.30 bits per heavy atom. The minimum absolute atomic E-state index is 0.0448. The third kappa shape index (κ3) is 2.57. The second kappa shape index (κ2) is 5.53. The van der Waals surface area contributed by atoms with Crippen molar-refractivity contribution in [2.24, 2.45) is 0 Å². The lowest BCUT2D eigenvalue weighted by atomic mass is 9.98. The Labute approximate surface area is 125 Å². The molecule has 0 spiro atoms. The zero-order valence-corrected chi connectivity index (χ0v) is 13.0. The van der Waals surface area contributed by atoms with Gasteiger partial charge in [0.25, 0.3) is 5.91 Å². The van der Waals surface area contributed by atoms with Crippen molar-refractivity contribution in [3.8, 4) is 0 Å². The minimum Gasteiger partial charge on any atom is -0.337 e. The van der Waals surface area contributed by atoms with Crippen LogP contribution in [0.25, 0.3) is 0 Å². The van der Waals surface area contributed by atoms with E-state index in [-0.39, 0.29) is 5.91 Å². The molecule has 20 heavy (non-hydrogen) atoms. The van der Waals surface area contributed by atoms with Crippen molar-refractivity contribution in [3.05, 3.63) is 20.6 Å². The zero-order valence-electron chi connectivity index (χ0n) is 11.4. The van der Waals surface area contributed by atoms with Crippen molar-refractivity contribution in [3.63, 3.8) is 0 Å². The maximum absolute atomic E-state index is 12.5. The molecule has 6 nitrogen and oxygen atoms in total. The van der Waals surface area contributed by atoms with Gasteiger partial charge in [0.2, 0.25) is 0 Å². The first-order chi connectivity index (χ1) is 9.65. The molecular formula is C12H15N5OS2. The number of aryl methyl sites for hydroxylation is 2. The molecule has 2 aromatic heterocycles. The topological polar surface area (TPSA) is 71.9 Å². The molecule has 0 saturated carbocycles. The Kier molecular flexibility index (Phi) is 3.75. The summed E-state index contributed by atoms with van der Waals surface area (Å²) < 4.78 is 3.84. The molecule has 8 heteroatoms. The van der Waals surface area contributed by atoms with Crippen LogP contribution in [0.2, 0.25) is 0 Å². The summed E-state index contributed by atoms with van der Waals surface area (Å²) in [4.78, 5) is 15.0. The van der Waals surface area contributed by atoms with Crippen molar-refractivity contribution in [2.45, 2.75) is 32.6 Å². The molecule has 0 bridgehead atoms. The summed E-state index contributed by atoms with van der Waals surface area (Å²) in [5, 5.41) is 14.2. The van der Waals surface area contributed by atoms with E-state index in [0.29, 0.717) is 23.0 Å². The molecule has 106 valence electrons. The SMILES string of the molecule is Cc1nnc([C@H]2CCCN(C(=O)c3snnc3C)C2)s1. The number of likely N-dealkylation sites (tertiary alicyclic amines) is 1. The van der Waals surface area contributed by atoms with E-state index in [4.69, 9.17) is 0 Å². The van der Waals surface area contributed by atoms with Gasteiger partial charge in [-0.3, -0.25) is 4.79 Å². The van der Waals surface area contributed by atoms with Gasteiger partial charge in [0.15, 0.2) is 0 Å². The standard InChI is InChI=1S/C12H15N5OS2/c1-7-10(20-16-13-7)12(18)17-5-3-4-9(6-17)11-15-14-8(2)19-11/h9H,3-6H2,1-2H3/t9-/m0/s1. The molecule has 1 saturated heterocycles. The van der Waals surface area contributed by atoms with Gasteiger partial charge in [-0.05, 0) is 38.2 Å². The molecule has 0 unspecified atom stereocenters. The second-order valence-corrected chi connectivity index (χ2v) is 6.90. The number of hydrogen-bond acceptors (Lipinski definition) is 7. The average molecular weight is 309 g/mol. The summed E-state index contributed by atoms with van der Waals surface area (Å²) in [7, 11) is 0. The first-order valence-corrected chi connectivity index (χ1v) is 8.12. The van der Waals surface area contributed by atoms with Crippen LogP contribution in [-0.2, 0) is 0 Å². The largest absolute Gasteiger partial charge is 0.337 e. The molecule has 1 aliphatic heterocycles. The van der Waals surface area contributed by atoms with Crippen molar-refractivity contribution >= 4 is 28.8 Å². The van der Waals surface area contributed by atoms with Crippen LogP contribution in [-0.4, -0.2) is 43.7 Å². The molecule has 3 heterocycles. The van der Waals surface area contributed by atoms with E-state index in [1.807, 2.05) is 18.7 Å². The Balaban J connectivity index is 1.75. The van der Waals surface area contributed by atoms with Gasteiger partial charge in [-0.25, -0.2) is 0 Å². The van der Waals surface area contributed by atoms with Gasteiger partial charge in [-0.15, -0.1) is 26.6 Å². The van der Waals surface area contributed by atoms with Crippen LogP contribution < -0.4 is 0 Å². The van der Waals surface area contributed by atoms with Gasteiger partial charge >= 0.3 is 0 Å². The fourth-order valence-electron chi connectivity index (χ4n) is 2.41. The number of amides is 1. The van der Waals surface area contributed by atoms with Gasteiger partial charge in [-0.2, -0.15) is 0 Å². The average Bonchev–Trinajstić information content (AvgIpc) is 3.07. The molecule has 1 atom stereocenters. The lowest BCUT2D eigenvalue weighted by Gasteiger charge is -2.31. The smallest absolute Gasteiger partial charge is 0.267 e. The maximum Gasteiger partial charge on any atom is 0.267 e. The van der Waals surface area contributed by atoms with E-state index in [1.165, 1.54) is 11.5 Å². The highest BCUT2D eigenvalue weighted by Crippen LogP contribution is 2.30. The molecule has 0 aromatic carbocycles. The van der Waals surface area contributed by atoms with E-state index in [9.17, 15) is 4.79 Å². The quantitative estimate of drug-likeness (QED) is 0.848. The van der Waals surface area contributed by atoms with Crippen molar-refractivity contribution < 1.29 is 4.79 Å². The van der Waals surface area contributed by atoms with Crippen LogP contribution in [0.15, 0.2) is 0 Å². The Hall–Kier alpha value is -1.41. The summed E-state index contributed by atoms with van der Waals surface area (Å²) in [5.74, 6) is 0.350. The first-order valence-electron chi connectivity index (χ1n) is 6.53. The zero-order chi connectivity index (χ0) is 14.1. The number of carbonyl (C=O) groups excluding carboxylic acids is 1. The number of rotatable bonds is 2. The van der Waals surface area contributed by atoms with E-state index in [0.717, 1.165) is 29.4 Å². The molecule has 1 fully saturated rings. The van der Waals surface area contributed by atoms with Gasteiger partial charge in [0, 0.05) is 19.0 Å². The van der Waals surface area contributed by atoms with Crippen molar-refractivity contribution in [1.29, 1.82) is 0 Å². The fourth-order valence-corrected chi connectivity index (χ4v) is 3.86. The minimum atomic E-state index is 0.0448. The predicted molar refractivity (Wildman–Crippen MR) is 77.2 cm³/mol. The van der Waals surface area contributed by atoms with Crippen LogP contribution in [0.5, 0.6) is 0 Å². The lowest BCUT2D eigenvalue weighted by Crippen LogP contribution is -2.39. The van der Waals surface area contributed by atoms with Gasteiger partial charge < -0.3 is 4.90 Å². The molecule has 3 rings (SSSR count). The Morgan fingerprint density at radius 3 is 2.80 bits per heavy atom. The summed E-state index contributed by atoms with van der Waals surface area (Å²) >= 11 is 2.80. The highest BCUT2D eigenvalue weighted by molar-refractivity contribution is 7.11. The van der Waals surface area contributed by atoms with Crippen LogP contribution in [0, 0.1) is 13.8 Å². The predicted octanol–water partition coefficient (Wildman–Crippen LogP) is 2.03. The third-order valence-corrected chi connectivity index (χ3v) is 5.26. The molecule has 1 aliphatic rings. The number of aromatic nitrogens is 4. The number of piperidine rings is 1. The summed E-state index contributed by atoms with van der Waals surface area (Å²) in [6.07, 6.45) is 2.07. The highest BCUT2D eigenvalue weighted by atomic mass is 32.1. The molecular weight excluding hydrogens is 294 g/mol. The third-order valence-electron chi connectivity index (χ3n) is 3.45. The summed E-state index contributed by atoms with van der Waals surface area (Å²) in [6.45, 7) is 5.29. The second-order valence-electron chi connectivity index (χ2n) is 4.94. The lowest BCUT2D eigenvalue weighted by molar-refractivity contribution is 0.0711. The van der Waals surface area contributed by atoms with Gasteiger partial charge in [-0.1, -0.05) is 4.49 Å². The summed E-state index contributed by atoms with van der Waals surface area (Å²) in [6, 6.07) is 0. The number of carbonyl (C=O) groups is 1. The van der Waals surface area contributed by atoms with Crippen LogP contribution in [0.4, 0.5) is 0 Å². The Bertz CT molecular complexity index is 623. The van der Waals surface area contributed by atoms with Gasteiger partial charge in [0.1, 0.15) is 14.9 Å². The van der Waals surface area contributed by atoms with Crippen molar-refractivity contribution in [1.82, 2.24) is 24.7 Å². The van der Waals surface area contributed by atoms with Crippen LogP contribution in [0.1, 0.15) is 44.1 Å². The molecule has 0 N–H and O–H groups in total. The molecule has 2 aromatic rings. The summed E-state index contributed by atoms with van der Waals surface area (Å²) in [5.41, 5.74) is 0.717. The van der Waals surface area contributed by atoms with E-state index in [2.05, 4.69) is 19.8 Å². The molecule has 0 radical (unpaired) electrons.